The number of Topliss-reactive ketones (excluding diaryl/α,β-unsaturated/α-hetero) is 1. The quantitative estimate of drug-likeness (QED) is 0.838. The molecule has 0 atom stereocenters. The number of hydrogen-bond donors (Lipinski definition) is 1. The van der Waals surface area contributed by atoms with Gasteiger partial charge in [0.25, 0.3) is 5.91 Å². The van der Waals surface area contributed by atoms with Gasteiger partial charge < -0.3 is 10.5 Å². The third-order valence-corrected chi connectivity index (χ3v) is 3.49. The van der Waals surface area contributed by atoms with E-state index in [1.807, 2.05) is 6.92 Å². The molecule has 0 saturated carbocycles. The van der Waals surface area contributed by atoms with Crippen LogP contribution in [-0.2, 0) is 9.59 Å². The van der Waals surface area contributed by atoms with Crippen LogP contribution in [0.3, 0.4) is 0 Å². The molecular formula is C16H20N2O4. The zero-order chi connectivity index (χ0) is 16.5. The Labute approximate surface area is 129 Å². The van der Waals surface area contributed by atoms with E-state index in [1.165, 1.54) is 4.90 Å². The maximum atomic E-state index is 12.5. The van der Waals surface area contributed by atoms with Crippen molar-refractivity contribution in [2.45, 2.75) is 39.2 Å². The number of anilines is 1. The number of carbonyl (C=O) groups excluding carboxylic acids is 3. The van der Waals surface area contributed by atoms with Crippen LogP contribution in [0.5, 0.6) is 5.75 Å². The van der Waals surface area contributed by atoms with Gasteiger partial charge in [-0.25, -0.2) is 0 Å². The Hall–Kier alpha value is -2.37. The van der Waals surface area contributed by atoms with Crippen LogP contribution in [0.1, 0.15) is 44.0 Å². The number of ether oxygens (including phenoxy) is 1. The largest absolute Gasteiger partial charge is 0.476 e. The first-order valence-corrected chi connectivity index (χ1v) is 7.22. The zero-order valence-corrected chi connectivity index (χ0v) is 13.0. The van der Waals surface area contributed by atoms with Crippen LogP contribution in [0.15, 0.2) is 18.2 Å². The average molecular weight is 304 g/mol. The van der Waals surface area contributed by atoms with Crippen molar-refractivity contribution in [1.29, 1.82) is 0 Å². The van der Waals surface area contributed by atoms with Crippen LogP contribution in [-0.4, -0.2) is 29.7 Å². The number of rotatable bonds is 5. The summed E-state index contributed by atoms with van der Waals surface area (Å²) < 4.78 is 5.68. The molecule has 0 spiro atoms. The lowest BCUT2D eigenvalue weighted by molar-refractivity contribution is -0.133. The first kappa shape index (κ1) is 16.0. The molecule has 22 heavy (non-hydrogen) atoms. The molecule has 0 aromatic heterocycles. The monoisotopic (exact) mass is 304 g/mol. The standard InChI is InChI=1S/C16H20N2O4/c1-4-5-12(19)10-6-7-13-11(8-10)18(9-14(17)20)15(21)16(2,3)22-13/h6-8H,4-5,9H2,1-3H3,(H2,17,20). The average Bonchev–Trinajstić information content (AvgIpc) is 2.43. The van der Waals surface area contributed by atoms with E-state index in [2.05, 4.69) is 0 Å². The van der Waals surface area contributed by atoms with Crippen molar-refractivity contribution in [1.82, 2.24) is 0 Å². The van der Waals surface area contributed by atoms with Crippen molar-refractivity contribution in [3.63, 3.8) is 0 Å². The second-order valence-electron chi connectivity index (χ2n) is 5.83. The second kappa shape index (κ2) is 5.79. The normalized spacial score (nSPS) is 16.0. The van der Waals surface area contributed by atoms with E-state index in [0.717, 1.165) is 6.42 Å². The van der Waals surface area contributed by atoms with Gasteiger partial charge in [-0.15, -0.1) is 0 Å². The van der Waals surface area contributed by atoms with Crippen LogP contribution in [0.2, 0.25) is 0 Å². The van der Waals surface area contributed by atoms with Crippen LogP contribution in [0.4, 0.5) is 5.69 Å². The van der Waals surface area contributed by atoms with Gasteiger partial charge in [-0.3, -0.25) is 19.3 Å². The Balaban J connectivity index is 2.48. The van der Waals surface area contributed by atoms with Gasteiger partial charge in [-0.2, -0.15) is 0 Å². The van der Waals surface area contributed by atoms with E-state index in [1.54, 1.807) is 32.0 Å². The van der Waals surface area contributed by atoms with Crippen molar-refractivity contribution in [2.24, 2.45) is 5.73 Å². The van der Waals surface area contributed by atoms with Crippen molar-refractivity contribution < 1.29 is 19.1 Å². The fourth-order valence-electron chi connectivity index (χ4n) is 2.43. The molecule has 1 heterocycles. The number of ketones is 1. The van der Waals surface area contributed by atoms with Gasteiger partial charge >= 0.3 is 0 Å². The minimum atomic E-state index is -1.09. The van der Waals surface area contributed by atoms with E-state index in [9.17, 15) is 14.4 Å². The fraction of sp³-hybridized carbons (Fsp3) is 0.438. The molecule has 1 aliphatic rings. The number of fused-ring (bicyclic) bond motifs is 1. The molecule has 1 aromatic rings. The predicted octanol–water partition coefficient (Wildman–Crippen LogP) is 1.66. The summed E-state index contributed by atoms with van der Waals surface area (Å²) in [5, 5.41) is 0. The second-order valence-corrected chi connectivity index (χ2v) is 5.83. The van der Waals surface area contributed by atoms with Crippen molar-refractivity contribution in [3.05, 3.63) is 23.8 Å². The summed E-state index contributed by atoms with van der Waals surface area (Å²) in [4.78, 5) is 37.1. The van der Waals surface area contributed by atoms with Crippen LogP contribution < -0.4 is 15.4 Å². The van der Waals surface area contributed by atoms with Gasteiger partial charge in [0.15, 0.2) is 11.4 Å². The predicted molar refractivity (Wildman–Crippen MR) is 81.9 cm³/mol. The van der Waals surface area contributed by atoms with Crippen LogP contribution >= 0.6 is 0 Å². The highest BCUT2D eigenvalue weighted by atomic mass is 16.5. The Morgan fingerprint density at radius 1 is 1.32 bits per heavy atom. The van der Waals surface area contributed by atoms with Gasteiger partial charge in [0.05, 0.1) is 5.69 Å². The summed E-state index contributed by atoms with van der Waals surface area (Å²) in [5.41, 5.74) is 5.05. The number of carbonyl (C=O) groups is 3. The van der Waals surface area contributed by atoms with Gasteiger partial charge in [-0.1, -0.05) is 6.92 Å². The molecule has 2 rings (SSSR count). The molecule has 6 nitrogen and oxygen atoms in total. The lowest BCUT2D eigenvalue weighted by atomic mass is 10.0. The number of primary amides is 1. The first-order valence-electron chi connectivity index (χ1n) is 7.22. The molecule has 0 saturated heterocycles. The number of nitrogens with two attached hydrogens (primary N) is 1. The summed E-state index contributed by atoms with van der Waals surface area (Å²) in [5.74, 6) is -0.540. The number of hydrogen-bond acceptors (Lipinski definition) is 4. The van der Waals surface area contributed by atoms with E-state index < -0.39 is 11.5 Å². The molecule has 118 valence electrons. The third-order valence-electron chi connectivity index (χ3n) is 3.49. The Morgan fingerprint density at radius 2 is 2.00 bits per heavy atom. The summed E-state index contributed by atoms with van der Waals surface area (Å²) in [6.07, 6.45) is 1.16. The maximum absolute atomic E-state index is 12.5. The summed E-state index contributed by atoms with van der Waals surface area (Å²) in [6.45, 7) is 4.93. The SMILES string of the molecule is CCCC(=O)c1ccc2c(c1)N(CC(N)=O)C(=O)C(C)(C)O2. The highest BCUT2D eigenvalue weighted by Crippen LogP contribution is 2.38. The molecule has 0 bridgehead atoms. The molecule has 1 aromatic carbocycles. The zero-order valence-electron chi connectivity index (χ0n) is 13.0. The van der Waals surface area contributed by atoms with Gasteiger partial charge in [0.1, 0.15) is 12.3 Å². The summed E-state index contributed by atoms with van der Waals surface area (Å²) in [7, 11) is 0. The molecule has 0 aliphatic carbocycles. The maximum Gasteiger partial charge on any atom is 0.271 e. The van der Waals surface area contributed by atoms with E-state index in [0.29, 0.717) is 23.4 Å². The van der Waals surface area contributed by atoms with E-state index in [-0.39, 0.29) is 18.2 Å². The molecule has 0 unspecified atom stereocenters. The molecule has 1 aliphatic heterocycles. The van der Waals surface area contributed by atoms with Gasteiger partial charge in [0, 0.05) is 12.0 Å². The third kappa shape index (κ3) is 2.95. The van der Waals surface area contributed by atoms with Crippen molar-refractivity contribution in [2.75, 3.05) is 11.4 Å². The lowest BCUT2D eigenvalue weighted by Gasteiger charge is -2.38. The smallest absolute Gasteiger partial charge is 0.271 e. The van der Waals surface area contributed by atoms with E-state index in [4.69, 9.17) is 10.5 Å². The number of amides is 2. The number of benzene rings is 1. The summed E-state index contributed by atoms with van der Waals surface area (Å²) >= 11 is 0. The fourth-order valence-corrected chi connectivity index (χ4v) is 2.43. The van der Waals surface area contributed by atoms with Crippen molar-refractivity contribution in [3.8, 4) is 5.75 Å². The topological polar surface area (TPSA) is 89.7 Å². The number of nitrogens with zero attached hydrogens (tertiary/aromatic N) is 1. The Kier molecular flexibility index (Phi) is 4.21. The molecule has 6 heteroatoms. The first-order chi connectivity index (χ1) is 10.3. The van der Waals surface area contributed by atoms with Crippen molar-refractivity contribution >= 4 is 23.3 Å². The van der Waals surface area contributed by atoms with E-state index >= 15 is 0 Å². The summed E-state index contributed by atoms with van der Waals surface area (Å²) in [6, 6.07) is 4.91. The molecular weight excluding hydrogens is 284 g/mol. The molecule has 2 amide bonds. The van der Waals surface area contributed by atoms with Crippen LogP contribution in [0, 0.1) is 0 Å². The van der Waals surface area contributed by atoms with Gasteiger partial charge in [0.2, 0.25) is 5.91 Å². The Bertz CT molecular complexity index is 637. The Morgan fingerprint density at radius 3 is 2.59 bits per heavy atom. The van der Waals surface area contributed by atoms with Crippen LogP contribution in [0.25, 0.3) is 0 Å². The van der Waals surface area contributed by atoms with Gasteiger partial charge in [-0.05, 0) is 38.5 Å². The molecule has 0 radical (unpaired) electrons. The highest BCUT2D eigenvalue weighted by molar-refractivity contribution is 6.07. The highest BCUT2D eigenvalue weighted by Gasteiger charge is 2.41. The minimum absolute atomic E-state index is 0.0124. The lowest BCUT2D eigenvalue weighted by Crippen LogP contribution is -2.54. The minimum Gasteiger partial charge on any atom is -0.476 e. The molecule has 0 fully saturated rings. The molecule has 2 N–H and O–H groups in total.